The molecule has 0 aliphatic carbocycles. The molecule has 0 fully saturated rings. The fraction of sp³-hybridized carbons (Fsp3) is 0.0250. The van der Waals surface area contributed by atoms with Crippen LogP contribution in [-0.4, -0.2) is 25.8 Å². The summed E-state index contributed by atoms with van der Waals surface area (Å²) in [6.07, 6.45) is 8.46. The van der Waals surface area contributed by atoms with Gasteiger partial charge in [0.1, 0.15) is 0 Å². The van der Waals surface area contributed by atoms with E-state index in [1.165, 1.54) is 6.92 Å². The Morgan fingerprint density at radius 1 is 0.531 bits per heavy atom. The van der Waals surface area contributed by atoms with Gasteiger partial charge in [-0.1, -0.05) is 30.3 Å². The Kier molecular flexibility index (Phi) is 7.31. The summed E-state index contributed by atoms with van der Waals surface area (Å²) in [4.78, 5) is 33.4. The molecule has 2 aliphatic heterocycles. The maximum absolute atomic E-state index is 11.8. The zero-order valence-corrected chi connectivity index (χ0v) is 28.6. The summed E-state index contributed by atoms with van der Waals surface area (Å²) in [5, 5.41) is 9.20. The number of benzene rings is 1. The van der Waals surface area contributed by atoms with Crippen molar-refractivity contribution in [3.8, 4) is 42.4 Å². The molecule has 3 N–H and O–H groups in total. The van der Waals surface area contributed by atoms with Crippen molar-refractivity contribution in [3.05, 3.63) is 124 Å². The lowest BCUT2D eigenvalue weighted by Gasteiger charge is -2.07. The van der Waals surface area contributed by atoms with E-state index in [2.05, 4.69) is 116 Å². The third kappa shape index (κ3) is 5.38. The second-order valence-electron chi connectivity index (χ2n) is 11.7. The van der Waals surface area contributed by atoms with Crippen LogP contribution in [0.5, 0.6) is 0 Å². The van der Waals surface area contributed by atoms with Crippen LogP contribution in [-0.2, 0) is 4.79 Å². The highest BCUT2D eigenvalue weighted by Gasteiger charge is 2.19. The number of H-pyrrole nitrogens is 2. The quantitative estimate of drug-likeness (QED) is 0.168. The molecule has 2 aliphatic rings. The molecule has 8 bridgehead atoms. The van der Waals surface area contributed by atoms with Gasteiger partial charge in [0.05, 0.1) is 22.8 Å². The number of rotatable bonds is 5. The van der Waals surface area contributed by atoms with Gasteiger partial charge in [-0.2, -0.15) is 0 Å². The summed E-state index contributed by atoms with van der Waals surface area (Å²) < 4.78 is 0. The highest BCUT2D eigenvalue weighted by molar-refractivity contribution is 7.14. The monoisotopic (exact) mass is 689 g/mol. The summed E-state index contributed by atoms with van der Waals surface area (Å²) in [5.74, 6) is -0.105. The number of carbonyl (C=O) groups is 1. The number of amides is 1. The minimum atomic E-state index is -0.105. The number of carbonyl (C=O) groups excluding carboxylic acids is 1. The van der Waals surface area contributed by atoms with Crippen LogP contribution in [0.1, 0.15) is 29.7 Å². The van der Waals surface area contributed by atoms with E-state index in [1.54, 1.807) is 34.0 Å². The molecule has 0 spiro atoms. The molecule has 49 heavy (non-hydrogen) atoms. The van der Waals surface area contributed by atoms with Gasteiger partial charge in [0, 0.05) is 71.6 Å². The SMILES string of the molecule is CC(=O)Nc1ccc(-c2c3nc(c(-c4cccs4)c4ccc([nH]4)c(-c4cccs4)c4nc(c(-c5cccs5)c5ccc2[nH]5)C=C4)C=C3)cc1. The molecule has 236 valence electrons. The number of anilines is 1. The van der Waals surface area contributed by atoms with Crippen LogP contribution in [0.15, 0.2) is 101 Å². The van der Waals surface area contributed by atoms with Crippen molar-refractivity contribution >= 4 is 92.0 Å². The van der Waals surface area contributed by atoms with Crippen molar-refractivity contribution in [2.45, 2.75) is 6.92 Å². The molecule has 0 saturated carbocycles. The molecule has 0 radical (unpaired) electrons. The predicted molar refractivity (Wildman–Crippen MR) is 209 cm³/mol. The standard InChI is InChI=1S/C40H27N5OS3/c1-23(46)41-25-10-8-24(9-11-25)37-26-12-14-28(42-26)38(34-5-2-20-47-34)30-16-18-32(44-30)40(36-7-4-22-49-36)33-19-17-31(45-33)39(35-6-3-21-48-35)29-15-13-27(37)43-29/h2-22,42,45H,1H3,(H,41,46). The first-order valence-electron chi connectivity index (χ1n) is 15.7. The number of hydrogen-bond acceptors (Lipinski definition) is 6. The first kappa shape index (κ1) is 29.5. The van der Waals surface area contributed by atoms with Gasteiger partial charge in [-0.3, -0.25) is 4.79 Å². The minimum absolute atomic E-state index is 0.105. The zero-order valence-electron chi connectivity index (χ0n) is 26.2. The summed E-state index contributed by atoms with van der Waals surface area (Å²) in [6, 6.07) is 29.2. The first-order chi connectivity index (χ1) is 24.1. The Morgan fingerprint density at radius 3 is 1.29 bits per heavy atom. The molecule has 8 heterocycles. The van der Waals surface area contributed by atoms with Gasteiger partial charge in [-0.15, -0.1) is 34.0 Å². The summed E-state index contributed by atoms with van der Waals surface area (Å²) in [7, 11) is 0. The van der Waals surface area contributed by atoms with Gasteiger partial charge < -0.3 is 15.3 Å². The number of hydrogen-bond donors (Lipinski definition) is 3. The zero-order chi connectivity index (χ0) is 32.9. The average molecular weight is 690 g/mol. The summed E-state index contributed by atoms with van der Waals surface area (Å²) >= 11 is 5.10. The van der Waals surface area contributed by atoms with Gasteiger partial charge in [0.25, 0.3) is 0 Å². The molecule has 9 heteroatoms. The van der Waals surface area contributed by atoms with Crippen LogP contribution in [0.2, 0.25) is 0 Å². The van der Waals surface area contributed by atoms with Gasteiger partial charge in [0.15, 0.2) is 0 Å². The molecule has 7 aromatic rings. The topological polar surface area (TPSA) is 86.5 Å². The third-order valence-electron chi connectivity index (χ3n) is 8.55. The number of fused-ring (bicyclic) bond motifs is 8. The number of aromatic nitrogens is 4. The number of nitrogens with one attached hydrogen (secondary N) is 3. The Balaban J connectivity index is 1.43. The van der Waals surface area contributed by atoms with E-state index in [-0.39, 0.29) is 5.91 Å². The second-order valence-corrected chi connectivity index (χ2v) is 14.5. The molecule has 6 aromatic heterocycles. The molecular weight excluding hydrogens is 663 g/mol. The molecule has 6 nitrogen and oxygen atoms in total. The Hall–Kier alpha value is -5.61. The maximum Gasteiger partial charge on any atom is 0.221 e. The molecule has 9 rings (SSSR count). The van der Waals surface area contributed by atoms with E-state index in [9.17, 15) is 4.79 Å². The average Bonchev–Trinajstić information content (AvgIpc) is 3.95. The first-order valence-corrected chi connectivity index (χ1v) is 18.4. The smallest absolute Gasteiger partial charge is 0.221 e. The number of aromatic amines is 2. The predicted octanol–water partition coefficient (Wildman–Crippen LogP) is 11.5. The molecule has 0 unspecified atom stereocenters. The van der Waals surface area contributed by atoms with E-state index < -0.39 is 0 Å². The molecule has 0 saturated heterocycles. The van der Waals surface area contributed by atoms with Crippen molar-refractivity contribution < 1.29 is 4.79 Å². The summed E-state index contributed by atoms with van der Waals surface area (Å²) in [5.41, 5.74) is 13.3. The second kappa shape index (κ2) is 12.1. The van der Waals surface area contributed by atoms with Gasteiger partial charge >= 0.3 is 0 Å². The maximum atomic E-state index is 11.8. The molecule has 1 amide bonds. The fourth-order valence-electron chi connectivity index (χ4n) is 6.47. The highest BCUT2D eigenvalue weighted by Crippen LogP contribution is 2.40. The third-order valence-corrected chi connectivity index (χ3v) is 11.2. The van der Waals surface area contributed by atoms with Crippen LogP contribution in [0.3, 0.4) is 0 Å². The van der Waals surface area contributed by atoms with E-state index >= 15 is 0 Å². The lowest BCUT2D eigenvalue weighted by molar-refractivity contribution is -0.114. The highest BCUT2D eigenvalue weighted by atomic mass is 32.1. The van der Waals surface area contributed by atoms with Crippen molar-refractivity contribution in [2.24, 2.45) is 0 Å². The number of nitrogens with zero attached hydrogens (tertiary/aromatic N) is 2. The van der Waals surface area contributed by atoms with E-state index in [4.69, 9.17) is 9.97 Å². The van der Waals surface area contributed by atoms with E-state index in [1.807, 2.05) is 24.3 Å². The van der Waals surface area contributed by atoms with Crippen molar-refractivity contribution in [2.75, 3.05) is 5.32 Å². The van der Waals surface area contributed by atoms with Crippen LogP contribution in [0.4, 0.5) is 5.69 Å². The fourth-order valence-corrected chi connectivity index (χ4v) is 8.85. The van der Waals surface area contributed by atoms with Crippen molar-refractivity contribution in [1.82, 2.24) is 19.9 Å². The normalized spacial score (nSPS) is 12.1. The lowest BCUT2D eigenvalue weighted by Crippen LogP contribution is -2.05. The van der Waals surface area contributed by atoms with Crippen molar-refractivity contribution in [1.29, 1.82) is 0 Å². The van der Waals surface area contributed by atoms with Gasteiger partial charge in [-0.25, -0.2) is 9.97 Å². The molecule has 1 aromatic carbocycles. The Morgan fingerprint density at radius 2 is 0.918 bits per heavy atom. The largest absolute Gasteiger partial charge is 0.354 e. The van der Waals surface area contributed by atoms with Gasteiger partial charge in [-0.05, 0) is 101 Å². The minimum Gasteiger partial charge on any atom is -0.354 e. The van der Waals surface area contributed by atoms with E-state index in [0.717, 1.165) is 93.0 Å². The van der Waals surface area contributed by atoms with Crippen LogP contribution < -0.4 is 5.32 Å². The molecule has 0 atom stereocenters. The Labute approximate surface area is 293 Å². The van der Waals surface area contributed by atoms with Crippen LogP contribution >= 0.6 is 34.0 Å². The van der Waals surface area contributed by atoms with Crippen LogP contribution in [0, 0.1) is 0 Å². The van der Waals surface area contributed by atoms with E-state index in [0.29, 0.717) is 0 Å². The summed E-state index contributed by atoms with van der Waals surface area (Å²) in [6.45, 7) is 1.52. The van der Waals surface area contributed by atoms with Crippen molar-refractivity contribution in [3.63, 3.8) is 0 Å². The lowest BCUT2D eigenvalue weighted by atomic mass is 10.0. The molecular formula is C40H27N5OS3. The number of thiophene rings is 3. The van der Waals surface area contributed by atoms with Crippen LogP contribution in [0.25, 0.3) is 88.8 Å². The van der Waals surface area contributed by atoms with Gasteiger partial charge in [0.2, 0.25) is 5.91 Å². The Bertz CT molecular complexity index is 2550.